The van der Waals surface area contributed by atoms with Crippen molar-refractivity contribution in [3.63, 3.8) is 0 Å². The lowest BCUT2D eigenvalue weighted by molar-refractivity contribution is 0.255. The van der Waals surface area contributed by atoms with Crippen LogP contribution >= 0.6 is 0 Å². The van der Waals surface area contributed by atoms with E-state index < -0.39 is 0 Å². The average molecular weight is 334 g/mol. The molecule has 1 fully saturated rings. The van der Waals surface area contributed by atoms with E-state index in [2.05, 4.69) is 57.2 Å². The third kappa shape index (κ3) is 3.45. The van der Waals surface area contributed by atoms with E-state index in [1.807, 2.05) is 24.4 Å². The number of rotatable bonds is 5. The first kappa shape index (κ1) is 16.3. The fraction of sp³-hybridized carbons (Fsp3) is 0.429. The SMILES string of the molecule is C[C@@H](N[C@@H](c1ccccc1)C1CCCCC1)c1nnc2ccccn12. The van der Waals surface area contributed by atoms with Crippen LogP contribution in [0.1, 0.15) is 62.5 Å². The minimum absolute atomic E-state index is 0.143. The van der Waals surface area contributed by atoms with Crippen molar-refractivity contribution in [3.05, 3.63) is 66.1 Å². The van der Waals surface area contributed by atoms with Crippen molar-refractivity contribution < 1.29 is 0 Å². The molecule has 2 heterocycles. The second-order valence-corrected chi connectivity index (χ2v) is 7.16. The smallest absolute Gasteiger partial charge is 0.160 e. The van der Waals surface area contributed by atoms with Crippen molar-refractivity contribution >= 4 is 5.65 Å². The normalized spacial score (nSPS) is 18.3. The molecule has 25 heavy (non-hydrogen) atoms. The summed E-state index contributed by atoms with van der Waals surface area (Å²) in [7, 11) is 0. The fourth-order valence-electron chi connectivity index (χ4n) is 4.13. The highest BCUT2D eigenvalue weighted by Gasteiger charge is 2.27. The van der Waals surface area contributed by atoms with Crippen molar-refractivity contribution in [2.75, 3.05) is 0 Å². The number of pyridine rings is 1. The predicted octanol–water partition coefficient (Wildman–Crippen LogP) is 4.70. The van der Waals surface area contributed by atoms with E-state index in [1.54, 1.807) is 0 Å². The van der Waals surface area contributed by atoms with E-state index in [4.69, 9.17) is 0 Å². The van der Waals surface area contributed by atoms with E-state index in [9.17, 15) is 0 Å². The van der Waals surface area contributed by atoms with E-state index in [0.717, 1.165) is 11.5 Å². The molecule has 0 saturated heterocycles. The van der Waals surface area contributed by atoms with Crippen LogP contribution in [0, 0.1) is 5.92 Å². The molecule has 0 aliphatic heterocycles. The Morgan fingerprint density at radius 1 is 0.960 bits per heavy atom. The Labute approximate surface area is 149 Å². The summed E-state index contributed by atoms with van der Waals surface area (Å²) in [5.41, 5.74) is 2.29. The average Bonchev–Trinajstić information content (AvgIpc) is 3.11. The first-order chi connectivity index (χ1) is 12.3. The summed E-state index contributed by atoms with van der Waals surface area (Å²) < 4.78 is 2.08. The zero-order chi connectivity index (χ0) is 17.1. The Bertz CT molecular complexity index is 805. The minimum Gasteiger partial charge on any atom is -0.300 e. The first-order valence-electron chi connectivity index (χ1n) is 9.43. The molecular formula is C21H26N4. The summed E-state index contributed by atoms with van der Waals surface area (Å²) in [4.78, 5) is 0. The molecule has 2 aromatic heterocycles. The molecule has 1 aliphatic carbocycles. The molecular weight excluding hydrogens is 308 g/mol. The van der Waals surface area contributed by atoms with Crippen LogP contribution in [0.15, 0.2) is 54.7 Å². The highest BCUT2D eigenvalue weighted by Crippen LogP contribution is 2.35. The molecule has 3 aromatic rings. The topological polar surface area (TPSA) is 42.2 Å². The molecule has 4 heteroatoms. The van der Waals surface area contributed by atoms with E-state index in [-0.39, 0.29) is 6.04 Å². The summed E-state index contributed by atoms with van der Waals surface area (Å²) in [6.45, 7) is 2.20. The molecule has 0 bridgehead atoms. The zero-order valence-corrected chi connectivity index (χ0v) is 14.8. The Hall–Kier alpha value is -2.20. The number of nitrogens with one attached hydrogen (secondary N) is 1. The standard InChI is InChI=1S/C21H26N4/c1-16(21-24-23-19-14-8-9-15-25(19)21)22-20(17-10-4-2-5-11-17)18-12-6-3-7-13-18/h2,4-5,8-11,14-16,18,20,22H,3,6-7,12-13H2,1H3/t16-,20+/m1/s1. The van der Waals surface area contributed by atoms with Crippen LogP contribution in [0.2, 0.25) is 0 Å². The number of benzene rings is 1. The largest absolute Gasteiger partial charge is 0.300 e. The van der Waals surface area contributed by atoms with Crippen molar-refractivity contribution in [2.45, 2.75) is 51.1 Å². The van der Waals surface area contributed by atoms with Crippen LogP contribution in [-0.4, -0.2) is 14.6 Å². The Morgan fingerprint density at radius 2 is 1.72 bits per heavy atom. The quantitative estimate of drug-likeness (QED) is 0.735. The second kappa shape index (κ2) is 7.36. The molecule has 130 valence electrons. The van der Waals surface area contributed by atoms with Gasteiger partial charge in [0.05, 0.1) is 6.04 Å². The van der Waals surface area contributed by atoms with Crippen LogP contribution in [-0.2, 0) is 0 Å². The predicted molar refractivity (Wildman–Crippen MR) is 100 cm³/mol. The van der Waals surface area contributed by atoms with E-state index in [1.165, 1.54) is 37.7 Å². The van der Waals surface area contributed by atoms with Crippen molar-refractivity contribution in [2.24, 2.45) is 5.92 Å². The lowest BCUT2D eigenvalue weighted by Gasteiger charge is -2.33. The highest BCUT2D eigenvalue weighted by molar-refractivity contribution is 5.37. The Morgan fingerprint density at radius 3 is 2.52 bits per heavy atom. The molecule has 2 atom stereocenters. The van der Waals surface area contributed by atoms with Crippen LogP contribution < -0.4 is 5.32 Å². The van der Waals surface area contributed by atoms with Crippen LogP contribution in [0.25, 0.3) is 5.65 Å². The maximum Gasteiger partial charge on any atom is 0.160 e. The number of hydrogen-bond donors (Lipinski definition) is 1. The summed E-state index contributed by atoms with van der Waals surface area (Å²) in [5.74, 6) is 1.67. The molecule has 0 unspecified atom stereocenters. The van der Waals surface area contributed by atoms with Gasteiger partial charge in [-0.15, -0.1) is 10.2 Å². The molecule has 0 amide bonds. The molecule has 0 radical (unpaired) electrons. The number of hydrogen-bond acceptors (Lipinski definition) is 3. The van der Waals surface area contributed by atoms with Gasteiger partial charge in [0.2, 0.25) is 0 Å². The molecule has 1 N–H and O–H groups in total. The van der Waals surface area contributed by atoms with Gasteiger partial charge in [-0.05, 0) is 43.4 Å². The summed E-state index contributed by atoms with van der Waals surface area (Å²) in [6.07, 6.45) is 8.72. The van der Waals surface area contributed by atoms with Gasteiger partial charge in [0.1, 0.15) is 0 Å². The van der Waals surface area contributed by atoms with Gasteiger partial charge in [-0.1, -0.05) is 55.7 Å². The van der Waals surface area contributed by atoms with E-state index >= 15 is 0 Å². The van der Waals surface area contributed by atoms with Gasteiger partial charge in [0.15, 0.2) is 11.5 Å². The lowest BCUT2D eigenvalue weighted by Crippen LogP contribution is -2.32. The van der Waals surface area contributed by atoms with Gasteiger partial charge < -0.3 is 5.32 Å². The van der Waals surface area contributed by atoms with E-state index in [0.29, 0.717) is 12.0 Å². The minimum atomic E-state index is 0.143. The number of aromatic nitrogens is 3. The number of nitrogens with zero attached hydrogens (tertiary/aromatic N) is 3. The first-order valence-corrected chi connectivity index (χ1v) is 9.43. The molecule has 1 aromatic carbocycles. The van der Waals surface area contributed by atoms with Crippen molar-refractivity contribution in [1.82, 2.24) is 19.9 Å². The van der Waals surface area contributed by atoms with Crippen molar-refractivity contribution in [1.29, 1.82) is 0 Å². The maximum absolute atomic E-state index is 4.44. The van der Waals surface area contributed by atoms with Crippen LogP contribution in [0.3, 0.4) is 0 Å². The van der Waals surface area contributed by atoms with Crippen LogP contribution in [0.4, 0.5) is 0 Å². The Kier molecular flexibility index (Phi) is 4.79. The maximum atomic E-state index is 4.44. The molecule has 4 rings (SSSR count). The van der Waals surface area contributed by atoms with Gasteiger partial charge in [0, 0.05) is 12.2 Å². The van der Waals surface area contributed by atoms with Gasteiger partial charge in [0.25, 0.3) is 0 Å². The summed E-state index contributed by atoms with van der Waals surface area (Å²) >= 11 is 0. The zero-order valence-electron chi connectivity index (χ0n) is 14.8. The molecule has 1 aliphatic rings. The Balaban J connectivity index is 1.61. The molecule has 4 nitrogen and oxygen atoms in total. The lowest BCUT2D eigenvalue weighted by atomic mass is 9.81. The molecule has 1 saturated carbocycles. The third-order valence-electron chi connectivity index (χ3n) is 5.44. The summed E-state index contributed by atoms with van der Waals surface area (Å²) in [5, 5.41) is 12.6. The van der Waals surface area contributed by atoms with Crippen LogP contribution in [0.5, 0.6) is 0 Å². The van der Waals surface area contributed by atoms with Gasteiger partial charge >= 0.3 is 0 Å². The van der Waals surface area contributed by atoms with Gasteiger partial charge in [-0.2, -0.15) is 0 Å². The van der Waals surface area contributed by atoms with Crippen molar-refractivity contribution in [3.8, 4) is 0 Å². The number of fused-ring (bicyclic) bond motifs is 1. The van der Waals surface area contributed by atoms with Gasteiger partial charge in [-0.3, -0.25) is 4.40 Å². The highest BCUT2D eigenvalue weighted by atomic mass is 15.3. The van der Waals surface area contributed by atoms with Gasteiger partial charge in [-0.25, -0.2) is 0 Å². The second-order valence-electron chi connectivity index (χ2n) is 7.16. The monoisotopic (exact) mass is 334 g/mol. The summed E-state index contributed by atoms with van der Waals surface area (Å²) in [6, 6.07) is 17.4. The molecule has 0 spiro atoms. The fourth-order valence-corrected chi connectivity index (χ4v) is 4.13. The third-order valence-corrected chi connectivity index (χ3v) is 5.44.